The van der Waals surface area contributed by atoms with Crippen molar-refractivity contribution in [2.24, 2.45) is 0 Å². The molecule has 0 bridgehead atoms. The quantitative estimate of drug-likeness (QED) is 0.475. The van der Waals surface area contributed by atoms with Gasteiger partial charge in [0, 0.05) is 6.92 Å². The van der Waals surface area contributed by atoms with Gasteiger partial charge in [0.2, 0.25) is 0 Å². The first-order chi connectivity index (χ1) is 4.52. The van der Waals surface area contributed by atoms with Crippen LogP contribution in [-0.2, 0) is 0 Å². The third-order valence-corrected chi connectivity index (χ3v) is 1.84. The fourth-order valence-electron chi connectivity index (χ4n) is 0.711. The summed E-state index contributed by atoms with van der Waals surface area (Å²) in [5.74, 6) is 0.307. The zero-order valence-electron chi connectivity index (χ0n) is 6.68. The van der Waals surface area contributed by atoms with E-state index in [1.54, 1.807) is 0 Å². The summed E-state index contributed by atoms with van der Waals surface area (Å²) in [4.78, 5) is 0. The van der Waals surface area contributed by atoms with E-state index < -0.39 is 6.10 Å². The van der Waals surface area contributed by atoms with E-state index in [0.29, 0.717) is 16.9 Å². The first-order valence-corrected chi connectivity index (χ1v) is 3.90. The van der Waals surface area contributed by atoms with Gasteiger partial charge in [-0.2, -0.15) is 0 Å². The van der Waals surface area contributed by atoms with Crippen molar-refractivity contribution < 1.29 is 9.59 Å². The number of quaternary nitrogens is 1. The highest BCUT2D eigenvalue weighted by atomic mass is 35.5. The van der Waals surface area contributed by atoms with Crippen molar-refractivity contribution in [2.45, 2.75) is 6.10 Å². The summed E-state index contributed by atoms with van der Waals surface area (Å²) in [6, 6.07) is 0. The second-order valence-corrected chi connectivity index (χ2v) is 3.46. The first kappa shape index (κ1) is 10.2. The van der Waals surface area contributed by atoms with E-state index in [-0.39, 0.29) is 0 Å². The molecule has 1 radical (unpaired) electrons. The number of hydrogen-bond acceptors (Lipinski definition) is 1. The zero-order valence-corrected chi connectivity index (χ0v) is 7.43. The fraction of sp³-hybridized carbons (Fsp3) is 0.857. The minimum Gasteiger partial charge on any atom is -0.386 e. The molecule has 0 aromatic heterocycles. The van der Waals surface area contributed by atoms with Crippen LogP contribution in [0.15, 0.2) is 0 Å². The van der Waals surface area contributed by atoms with Gasteiger partial charge in [-0.25, -0.2) is 0 Å². The third-order valence-electron chi connectivity index (χ3n) is 1.49. The van der Waals surface area contributed by atoms with Crippen molar-refractivity contribution in [3.63, 3.8) is 0 Å². The summed E-state index contributed by atoms with van der Waals surface area (Å²) >= 11 is 5.43. The molecular formula is C7H16ClNO+. The molecule has 0 aliphatic rings. The maximum Gasteiger partial charge on any atom is 0.116 e. The van der Waals surface area contributed by atoms with E-state index in [2.05, 4.69) is 6.92 Å². The zero-order chi connectivity index (χ0) is 8.20. The molecule has 0 aliphatic carbocycles. The molecule has 1 N–H and O–H groups in total. The predicted octanol–water partition coefficient (Wildman–Crippen LogP) is 0.497. The van der Waals surface area contributed by atoms with Crippen molar-refractivity contribution in [1.29, 1.82) is 0 Å². The SMILES string of the molecule is [CH2]C[N+](C)(C)CC(O)CCl. The van der Waals surface area contributed by atoms with E-state index in [1.165, 1.54) is 0 Å². The molecular weight excluding hydrogens is 150 g/mol. The number of hydrogen-bond donors (Lipinski definition) is 1. The Morgan fingerprint density at radius 3 is 2.40 bits per heavy atom. The average Bonchev–Trinajstić information content (AvgIpc) is 1.87. The molecule has 1 atom stereocenters. The van der Waals surface area contributed by atoms with Crippen LogP contribution in [-0.4, -0.2) is 48.8 Å². The standard InChI is InChI=1S/C7H16ClNO/c1-4-9(2,3)6-7(10)5-8/h7,10H,1,4-6H2,2-3H3/q+1. The maximum atomic E-state index is 9.15. The van der Waals surface area contributed by atoms with Gasteiger partial charge in [-0.05, 0) is 0 Å². The van der Waals surface area contributed by atoms with Gasteiger partial charge in [-0.15, -0.1) is 11.6 Å². The van der Waals surface area contributed by atoms with Gasteiger partial charge in [-0.3, -0.25) is 0 Å². The minimum atomic E-state index is -0.404. The number of aliphatic hydroxyl groups excluding tert-OH is 1. The number of nitrogens with zero attached hydrogens (tertiary/aromatic N) is 1. The van der Waals surface area contributed by atoms with Gasteiger partial charge in [0.1, 0.15) is 12.6 Å². The highest BCUT2D eigenvalue weighted by molar-refractivity contribution is 6.18. The van der Waals surface area contributed by atoms with Crippen molar-refractivity contribution in [3.05, 3.63) is 6.92 Å². The van der Waals surface area contributed by atoms with Gasteiger partial charge in [0.25, 0.3) is 0 Å². The van der Waals surface area contributed by atoms with Crippen LogP contribution in [0, 0.1) is 6.92 Å². The Kier molecular flexibility index (Phi) is 4.25. The van der Waals surface area contributed by atoms with Crippen LogP contribution in [0.3, 0.4) is 0 Å². The first-order valence-electron chi connectivity index (χ1n) is 3.37. The molecule has 0 aliphatic heterocycles. The molecule has 10 heavy (non-hydrogen) atoms. The summed E-state index contributed by atoms with van der Waals surface area (Å²) in [6.07, 6.45) is -0.404. The molecule has 0 aromatic rings. The fourth-order valence-corrected chi connectivity index (χ4v) is 0.808. The van der Waals surface area contributed by atoms with E-state index in [4.69, 9.17) is 16.7 Å². The van der Waals surface area contributed by atoms with Gasteiger partial charge < -0.3 is 9.59 Å². The number of halogens is 1. The lowest BCUT2D eigenvalue weighted by atomic mass is 10.3. The van der Waals surface area contributed by atoms with Crippen LogP contribution in [0.4, 0.5) is 0 Å². The molecule has 0 saturated heterocycles. The Morgan fingerprint density at radius 1 is 1.60 bits per heavy atom. The lowest BCUT2D eigenvalue weighted by Gasteiger charge is -2.29. The van der Waals surface area contributed by atoms with Crippen LogP contribution in [0.25, 0.3) is 0 Å². The molecule has 0 heterocycles. The van der Waals surface area contributed by atoms with Gasteiger partial charge in [-0.1, -0.05) is 0 Å². The summed E-state index contributed by atoms with van der Waals surface area (Å²) in [6.45, 7) is 5.21. The Hall–Kier alpha value is 0.210. The molecule has 1 unspecified atom stereocenters. The van der Waals surface area contributed by atoms with E-state index >= 15 is 0 Å². The summed E-state index contributed by atoms with van der Waals surface area (Å²) in [5, 5.41) is 9.15. The van der Waals surface area contributed by atoms with Crippen molar-refractivity contribution in [3.8, 4) is 0 Å². The highest BCUT2D eigenvalue weighted by Crippen LogP contribution is 1.99. The Bertz CT molecular complexity index is 95.6. The Labute approximate surface area is 68.0 Å². The minimum absolute atomic E-state index is 0.307. The molecule has 0 rings (SSSR count). The van der Waals surface area contributed by atoms with Crippen LogP contribution < -0.4 is 0 Å². The van der Waals surface area contributed by atoms with Gasteiger partial charge in [0.05, 0.1) is 26.5 Å². The summed E-state index contributed by atoms with van der Waals surface area (Å²) in [5.41, 5.74) is 0. The number of aliphatic hydroxyl groups is 1. The number of likely N-dealkylation sites (N-methyl/N-ethyl adjacent to an activating group) is 1. The topological polar surface area (TPSA) is 20.2 Å². The lowest BCUT2D eigenvalue weighted by Crippen LogP contribution is -2.45. The number of alkyl halides is 1. The van der Waals surface area contributed by atoms with Crippen LogP contribution in [0.2, 0.25) is 0 Å². The molecule has 0 aromatic carbocycles. The molecule has 0 saturated carbocycles. The van der Waals surface area contributed by atoms with E-state index in [0.717, 1.165) is 6.54 Å². The van der Waals surface area contributed by atoms with Crippen LogP contribution in [0.1, 0.15) is 0 Å². The average molecular weight is 166 g/mol. The van der Waals surface area contributed by atoms with Gasteiger partial charge >= 0.3 is 0 Å². The maximum absolute atomic E-state index is 9.15. The normalized spacial score (nSPS) is 15.3. The second kappa shape index (κ2) is 4.16. The molecule has 3 heteroatoms. The smallest absolute Gasteiger partial charge is 0.116 e. The monoisotopic (exact) mass is 165 g/mol. The predicted molar refractivity (Wildman–Crippen MR) is 43.9 cm³/mol. The van der Waals surface area contributed by atoms with Crippen LogP contribution >= 0.6 is 11.6 Å². The molecule has 0 spiro atoms. The van der Waals surface area contributed by atoms with Crippen molar-refractivity contribution in [2.75, 3.05) is 33.1 Å². The third kappa shape index (κ3) is 4.09. The van der Waals surface area contributed by atoms with Crippen LogP contribution in [0.5, 0.6) is 0 Å². The molecule has 0 amide bonds. The highest BCUT2D eigenvalue weighted by Gasteiger charge is 2.16. The number of rotatable bonds is 4. The lowest BCUT2D eigenvalue weighted by molar-refractivity contribution is -0.887. The molecule has 61 valence electrons. The van der Waals surface area contributed by atoms with E-state index in [9.17, 15) is 0 Å². The van der Waals surface area contributed by atoms with E-state index in [1.807, 2.05) is 14.1 Å². The van der Waals surface area contributed by atoms with Crippen molar-refractivity contribution >= 4 is 11.6 Å². The molecule has 2 nitrogen and oxygen atoms in total. The molecule has 0 fully saturated rings. The summed E-state index contributed by atoms with van der Waals surface area (Å²) in [7, 11) is 4.03. The second-order valence-electron chi connectivity index (χ2n) is 3.15. The summed E-state index contributed by atoms with van der Waals surface area (Å²) < 4.78 is 0.716. The van der Waals surface area contributed by atoms with Gasteiger partial charge in [0.15, 0.2) is 0 Å². The largest absolute Gasteiger partial charge is 0.386 e. The Morgan fingerprint density at radius 2 is 2.10 bits per heavy atom. The van der Waals surface area contributed by atoms with Crippen molar-refractivity contribution in [1.82, 2.24) is 0 Å². The Balaban J connectivity index is 3.64.